The van der Waals surface area contributed by atoms with Crippen molar-refractivity contribution in [2.45, 2.75) is 6.73 Å². The maximum absolute atomic E-state index is 11.4. The van der Waals surface area contributed by atoms with Crippen molar-refractivity contribution in [3.05, 3.63) is 44.1 Å². The number of aliphatic hydroxyl groups excluding tert-OH is 1. The van der Waals surface area contributed by atoms with Gasteiger partial charge in [-0.15, -0.1) is 0 Å². The standard InChI is InChI=1S/C12H11NO5S/c1-18-9-4-7(2-3-8(9)15)5-10-11(16)13(6-14)12(17)19-10/h2-5,14,16H,6H2,1H3/b7-5+. The molecule has 1 heterocycles. The molecule has 6 nitrogen and oxygen atoms in total. The van der Waals surface area contributed by atoms with Crippen molar-refractivity contribution >= 4 is 23.2 Å². The van der Waals surface area contributed by atoms with Gasteiger partial charge in [-0.05, 0) is 23.8 Å². The van der Waals surface area contributed by atoms with Gasteiger partial charge in [0, 0.05) is 0 Å². The lowest BCUT2D eigenvalue weighted by atomic mass is 10.1. The highest BCUT2D eigenvalue weighted by Gasteiger charge is 2.14. The largest absolute Gasteiger partial charge is 0.493 e. The number of carbonyl (C=O) groups excluding carboxylic acids is 1. The molecule has 0 fully saturated rings. The summed E-state index contributed by atoms with van der Waals surface area (Å²) in [5.74, 6) is -0.366. The minimum Gasteiger partial charge on any atom is -0.493 e. The zero-order chi connectivity index (χ0) is 14.0. The van der Waals surface area contributed by atoms with E-state index in [1.165, 1.54) is 25.3 Å². The van der Waals surface area contributed by atoms with E-state index in [4.69, 9.17) is 9.84 Å². The Balaban J connectivity index is 2.43. The van der Waals surface area contributed by atoms with Gasteiger partial charge in [-0.25, -0.2) is 4.57 Å². The van der Waals surface area contributed by atoms with E-state index in [0.717, 1.165) is 15.9 Å². The van der Waals surface area contributed by atoms with E-state index >= 15 is 0 Å². The van der Waals surface area contributed by atoms with E-state index in [2.05, 4.69) is 0 Å². The van der Waals surface area contributed by atoms with Gasteiger partial charge in [0.15, 0.2) is 5.76 Å². The predicted octanol–water partition coefficient (Wildman–Crippen LogP) is 0.618. The van der Waals surface area contributed by atoms with Crippen LogP contribution in [0.25, 0.3) is 6.08 Å². The number of ether oxygens (including phenoxy) is 1. The van der Waals surface area contributed by atoms with Crippen LogP contribution in [0.15, 0.2) is 34.4 Å². The molecular formula is C12H11NO5S. The van der Waals surface area contributed by atoms with Crippen LogP contribution in [0.2, 0.25) is 0 Å². The van der Waals surface area contributed by atoms with Crippen LogP contribution >= 0.6 is 11.3 Å². The van der Waals surface area contributed by atoms with Crippen molar-refractivity contribution < 1.29 is 19.7 Å². The number of hydrogen-bond acceptors (Lipinski definition) is 6. The van der Waals surface area contributed by atoms with Crippen molar-refractivity contribution in [1.82, 2.24) is 4.57 Å². The molecule has 0 atom stereocenters. The Labute approximate surface area is 112 Å². The monoisotopic (exact) mass is 281 g/mol. The maximum Gasteiger partial charge on any atom is 0.312 e. The molecule has 0 bridgehead atoms. The molecule has 0 amide bonds. The molecule has 1 aromatic heterocycles. The average molecular weight is 281 g/mol. The van der Waals surface area contributed by atoms with Crippen LogP contribution in [0.3, 0.4) is 0 Å². The van der Waals surface area contributed by atoms with Crippen LogP contribution in [0, 0.1) is 0 Å². The van der Waals surface area contributed by atoms with Crippen LogP contribution in [-0.2, 0) is 16.3 Å². The number of allylic oxidation sites excluding steroid dienone is 4. The number of thiazole rings is 1. The van der Waals surface area contributed by atoms with Gasteiger partial charge < -0.3 is 14.9 Å². The third-order valence-electron chi connectivity index (χ3n) is 2.52. The lowest BCUT2D eigenvalue weighted by Crippen LogP contribution is -2.11. The van der Waals surface area contributed by atoms with Gasteiger partial charge in [-0.2, -0.15) is 0 Å². The lowest BCUT2D eigenvalue weighted by molar-refractivity contribution is -0.114. The molecule has 2 rings (SSSR count). The first kappa shape index (κ1) is 13.3. The summed E-state index contributed by atoms with van der Waals surface area (Å²) in [7, 11) is 1.39. The van der Waals surface area contributed by atoms with Crippen molar-refractivity contribution in [2.75, 3.05) is 7.11 Å². The van der Waals surface area contributed by atoms with E-state index < -0.39 is 11.6 Å². The Hall–Kier alpha value is -2.12. The Kier molecular flexibility index (Phi) is 3.68. The van der Waals surface area contributed by atoms with E-state index in [1.54, 1.807) is 6.08 Å². The first-order valence-corrected chi connectivity index (χ1v) is 6.11. The number of hydrogen-bond donors (Lipinski definition) is 2. The SMILES string of the molecule is COC1=C/C(=C/c2sc(=O)n(CO)c2O)C=CC1=O. The van der Waals surface area contributed by atoms with E-state index in [-0.39, 0.29) is 17.4 Å². The number of methoxy groups -OCH3 is 1. The molecule has 2 N–H and O–H groups in total. The summed E-state index contributed by atoms with van der Waals surface area (Å²) in [6.45, 7) is -0.585. The topological polar surface area (TPSA) is 88.8 Å². The number of nitrogens with zero attached hydrogens (tertiary/aromatic N) is 1. The Morgan fingerprint density at radius 2 is 2.16 bits per heavy atom. The molecule has 0 aliphatic heterocycles. The van der Waals surface area contributed by atoms with Crippen LogP contribution in [-0.4, -0.2) is 27.7 Å². The zero-order valence-corrected chi connectivity index (χ0v) is 10.8. The average Bonchev–Trinajstić information content (AvgIpc) is 2.66. The fraction of sp³-hybridized carbons (Fsp3) is 0.167. The molecule has 0 aromatic carbocycles. The molecule has 100 valence electrons. The van der Waals surface area contributed by atoms with Crippen LogP contribution in [0.4, 0.5) is 0 Å². The van der Waals surface area contributed by atoms with Gasteiger partial charge in [0.25, 0.3) is 0 Å². The molecule has 0 saturated heterocycles. The van der Waals surface area contributed by atoms with Gasteiger partial charge in [0.05, 0.1) is 12.0 Å². The highest BCUT2D eigenvalue weighted by molar-refractivity contribution is 7.10. The molecule has 7 heteroatoms. The summed E-state index contributed by atoms with van der Waals surface area (Å²) in [6, 6.07) is 0. The van der Waals surface area contributed by atoms with Gasteiger partial charge in [-0.1, -0.05) is 17.4 Å². The van der Waals surface area contributed by atoms with Gasteiger partial charge >= 0.3 is 4.87 Å². The van der Waals surface area contributed by atoms with Crippen LogP contribution < -0.4 is 4.87 Å². The molecule has 0 unspecified atom stereocenters. The normalized spacial score (nSPS) is 16.8. The second kappa shape index (κ2) is 5.25. The van der Waals surface area contributed by atoms with Crippen LogP contribution in [0.1, 0.15) is 4.88 Å². The summed E-state index contributed by atoms with van der Waals surface area (Å²) in [5.41, 5.74) is 0.609. The minimum atomic E-state index is -0.585. The fourth-order valence-corrected chi connectivity index (χ4v) is 2.40. The number of aliphatic hydroxyl groups is 1. The fourth-order valence-electron chi connectivity index (χ4n) is 1.56. The number of carbonyl (C=O) groups is 1. The quantitative estimate of drug-likeness (QED) is 0.847. The molecule has 0 spiro atoms. The summed E-state index contributed by atoms with van der Waals surface area (Å²) in [4.78, 5) is 22.6. The second-order valence-corrected chi connectivity index (χ2v) is 4.67. The summed E-state index contributed by atoms with van der Waals surface area (Å²) in [6.07, 6.45) is 5.94. The third-order valence-corrected chi connectivity index (χ3v) is 3.44. The second-order valence-electron chi connectivity index (χ2n) is 3.68. The number of aromatic nitrogens is 1. The van der Waals surface area contributed by atoms with Gasteiger partial charge in [-0.3, -0.25) is 9.59 Å². The Morgan fingerprint density at radius 3 is 2.74 bits per heavy atom. The highest BCUT2D eigenvalue weighted by atomic mass is 32.1. The number of aromatic hydroxyl groups is 1. The maximum atomic E-state index is 11.4. The summed E-state index contributed by atoms with van der Waals surface area (Å²) >= 11 is 0.801. The van der Waals surface area contributed by atoms with E-state index in [1.807, 2.05) is 0 Å². The van der Waals surface area contributed by atoms with Crippen molar-refractivity contribution in [3.8, 4) is 5.88 Å². The highest BCUT2D eigenvalue weighted by Crippen LogP contribution is 2.25. The summed E-state index contributed by atoms with van der Waals surface area (Å²) in [5, 5.41) is 18.7. The van der Waals surface area contributed by atoms with Crippen molar-refractivity contribution in [3.63, 3.8) is 0 Å². The molecule has 19 heavy (non-hydrogen) atoms. The van der Waals surface area contributed by atoms with Crippen molar-refractivity contribution in [1.29, 1.82) is 0 Å². The first-order chi connectivity index (χ1) is 9.06. The molecule has 1 aliphatic rings. The Bertz CT molecular complexity index is 662. The minimum absolute atomic E-state index is 0.183. The zero-order valence-electron chi connectivity index (χ0n) is 9.99. The third kappa shape index (κ3) is 2.51. The number of ketones is 1. The Morgan fingerprint density at radius 1 is 1.42 bits per heavy atom. The molecule has 0 radical (unpaired) electrons. The van der Waals surface area contributed by atoms with Gasteiger partial charge in [0.2, 0.25) is 11.7 Å². The predicted molar refractivity (Wildman–Crippen MR) is 69.7 cm³/mol. The molecule has 0 saturated carbocycles. The van der Waals surface area contributed by atoms with Crippen LogP contribution in [0.5, 0.6) is 5.88 Å². The lowest BCUT2D eigenvalue weighted by Gasteiger charge is -2.07. The molecular weight excluding hydrogens is 270 g/mol. The van der Waals surface area contributed by atoms with Gasteiger partial charge in [0.1, 0.15) is 6.73 Å². The summed E-state index contributed by atoms with van der Waals surface area (Å²) < 4.78 is 5.75. The van der Waals surface area contributed by atoms with E-state index in [9.17, 15) is 14.7 Å². The molecule has 1 aliphatic carbocycles. The first-order valence-electron chi connectivity index (χ1n) is 5.30. The van der Waals surface area contributed by atoms with E-state index in [0.29, 0.717) is 10.5 Å². The number of rotatable bonds is 3. The molecule has 1 aromatic rings. The van der Waals surface area contributed by atoms with Crippen molar-refractivity contribution in [2.24, 2.45) is 0 Å². The smallest absolute Gasteiger partial charge is 0.312 e.